The minimum absolute atomic E-state index is 0.121. The van der Waals surface area contributed by atoms with Crippen molar-refractivity contribution in [1.29, 1.82) is 0 Å². The van der Waals surface area contributed by atoms with Gasteiger partial charge in [-0.15, -0.1) is 0 Å². The number of methoxy groups -OCH3 is 1. The van der Waals surface area contributed by atoms with Gasteiger partial charge in [-0.3, -0.25) is 4.79 Å². The molecular formula is C12H20O2. The Morgan fingerprint density at radius 2 is 1.43 bits per heavy atom. The molecule has 0 aliphatic carbocycles. The van der Waals surface area contributed by atoms with Gasteiger partial charge in [-0.1, -0.05) is 44.2 Å². The van der Waals surface area contributed by atoms with Gasteiger partial charge in [0.2, 0.25) is 0 Å². The summed E-state index contributed by atoms with van der Waals surface area (Å²) < 4.78 is 4.25. The zero-order valence-corrected chi connectivity index (χ0v) is 9.70. The standard InChI is InChI=1S/C8H8O.C2H6O.C2H6/c1-7(9)8-5-3-2-4-6-8;1-3-2;1-2/h2-6H,1H3;1-2H3;1-2H3. The molecule has 1 rings (SSSR count). The van der Waals surface area contributed by atoms with Crippen LogP contribution in [0, 0.1) is 0 Å². The average Bonchev–Trinajstić information content (AvgIpc) is 2.23. The Balaban J connectivity index is 0. The normalized spacial score (nSPS) is 7.50. The summed E-state index contributed by atoms with van der Waals surface area (Å²) in [6.07, 6.45) is 0. The van der Waals surface area contributed by atoms with Crippen molar-refractivity contribution in [2.24, 2.45) is 0 Å². The van der Waals surface area contributed by atoms with E-state index in [1.807, 2.05) is 44.2 Å². The van der Waals surface area contributed by atoms with Crippen LogP contribution in [-0.2, 0) is 4.74 Å². The second kappa shape index (κ2) is 11.8. The predicted octanol–water partition coefficient (Wildman–Crippen LogP) is 3.18. The lowest BCUT2D eigenvalue weighted by Crippen LogP contribution is -1.88. The molecule has 0 saturated heterocycles. The van der Waals surface area contributed by atoms with Crippen LogP contribution in [0.5, 0.6) is 0 Å². The number of ether oxygens (including phenoxy) is 1. The van der Waals surface area contributed by atoms with Gasteiger partial charge >= 0.3 is 0 Å². The zero-order valence-electron chi connectivity index (χ0n) is 9.70. The summed E-state index contributed by atoms with van der Waals surface area (Å²) in [7, 11) is 3.25. The molecule has 2 nitrogen and oxygen atoms in total. The van der Waals surface area contributed by atoms with Gasteiger partial charge < -0.3 is 4.74 Å². The van der Waals surface area contributed by atoms with E-state index in [0.29, 0.717) is 0 Å². The molecule has 0 unspecified atom stereocenters. The van der Waals surface area contributed by atoms with Crippen LogP contribution >= 0.6 is 0 Å². The first-order chi connectivity index (χ1) is 6.72. The summed E-state index contributed by atoms with van der Waals surface area (Å²) >= 11 is 0. The van der Waals surface area contributed by atoms with Crippen LogP contribution < -0.4 is 0 Å². The topological polar surface area (TPSA) is 26.3 Å². The van der Waals surface area contributed by atoms with Crippen molar-refractivity contribution < 1.29 is 9.53 Å². The Labute approximate surface area is 86.9 Å². The van der Waals surface area contributed by atoms with Gasteiger partial charge in [0, 0.05) is 19.8 Å². The molecule has 0 aromatic heterocycles. The van der Waals surface area contributed by atoms with Gasteiger partial charge in [0.25, 0.3) is 0 Å². The molecule has 14 heavy (non-hydrogen) atoms. The number of rotatable bonds is 1. The highest BCUT2D eigenvalue weighted by molar-refractivity contribution is 5.93. The smallest absolute Gasteiger partial charge is 0.159 e. The van der Waals surface area contributed by atoms with Crippen LogP contribution in [0.25, 0.3) is 0 Å². The average molecular weight is 196 g/mol. The molecular weight excluding hydrogens is 176 g/mol. The molecule has 1 aromatic rings. The first kappa shape index (κ1) is 15.3. The van der Waals surface area contributed by atoms with Gasteiger partial charge in [0.1, 0.15) is 0 Å². The summed E-state index contributed by atoms with van der Waals surface area (Å²) in [5, 5.41) is 0. The molecule has 2 heteroatoms. The number of carbonyl (C=O) groups is 1. The lowest BCUT2D eigenvalue weighted by Gasteiger charge is -1.89. The van der Waals surface area contributed by atoms with Crippen molar-refractivity contribution in [1.82, 2.24) is 0 Å². The van der Waals surface area contributed by atoms with Crippen LogP contribution in [0.3, 0.4) is 0 Å². The first-order valence-electron chi connectivity index (χ1n) is 4.68. The summed E-state index contributed by atoms with van der Waals surface area (Å²) in [6.45, 7) is 5.56. The highest BCUT2D eigenvalue weighted by Gasteiger charge is 1.92. The number of hydrogen-bond donors (Lipinski definition) is 0. The minimum Gasteiger partial charge on any atom is -0.388 e. The number of carbonyl (C=O) groups excluding carboxylic acids is 1. The van der Waals surface area contributed by atoms with E-state index >= 15 is 0 Å². The largest absolute Gasteiger partial charge is 0.388 e. The third-order valence-electron chi connectivity index (χ3n) is 1.18. The van der Waals surface area contributed by atoms with Gasteiger partial charge in [0.05, 0.1) is 0 Å². The summed E-state index contributed by atoms with van der Waals surface area (Å²) in [5.41, 5.74) is 0.775. The van der Waals surface area contributed by atoms with E-state index in [4.69, 9.17) is 0 Å². The van der Waals surface area contributed by atoms with Gasteiger partial charge in [-0.05, 0) is 6.92 Å². The first-order valence-corrected chi connectivity index (χ1v) is 4.68. The van der Waals surface area contributed by atoms with Crippen LogP contribution in [-0.4, -0.2) is 20.0 Å². The molecule has 0 aliphatic rings. The van der Waals surface area contributed by atoms with Crippen LogP contribution in [0.1, 0.15) is 31.1 Å². The highest BCUT2D eigenvalue weighted by Crippen LogP contribution is 1.97. The molecule has 0 atom stereocenters. The van der Waals surface area contributed by atoms with Crippen molar-refractivity contribution in [3.8, 4) is 0 Å². The van der Waals surface area contributed by atoms with Crippen LogP contribution in [0.2, 0.25) is 0 Å². The van der Waals surface area contributed by atoms with E-state index in [0.717, 1.165) is 5.56 Å². The Morgan fingerprint density at radius 3 is 1.64 bits per heavy atom. The fourth-order valence-corrected chi connectivity index (χ4v) is 0.673. The van der Waals surface area contributed by atoms with E-state index in [2.05, 4.69) is 4.74 Å². The quantitative estimate of drug-likeness (QED) is 0.645. The maximum Gasteiger partial charge on any atom is 0.159 e. The van der Waals surface area contributed by atoms with Crippen molar-refractivity contribution in [3.63, 3.8) is 0 Å². The van der Waals surface area contributed by atoms with Crippen molar-refractivity contribution in [3.05, 3.63) is 35.9 Å². The number of Topliss-reactive ketones (excluding diaryl/α,β-unsaturated/α-hetero) is 1. The monoisotopic (exact) mass is 196 g/mol. The minimum atomic E-state index is 0.121. The molecule has 80 valence electrons. The number of hydrogen-bond acceptors (Lipinski definition) is 2. The lowest BCUT2D eigenvalue weighted by atomic mass is 10.2. The predicted molar refractivity (Wildman–Crippen MR) is 60.7 cm³/mol. The Morgan fingerprint density at radius 1 is 1.07 bits per heavy atom. The van der Waals surface area contributed by atoms with Crippen LogP contribution in [0.15, 0.2) is 30.3 Å². The number of ketones is 1. The van der Waals surface area contributed by atoms with Crippen molar-refractivity contribution >= 4 is 5.78 Å². The highest BCUT2D eigenvalue weighted by atomic mass is 16.4. The molecule has 0 radical (unpaired) electrons. The molecule has 0 heterocycles. The fraction of sp³-hybridized carbons (Fsp3) is 0.417. The third-order valence-corrected chi connectivity index (χ3v) is 1.18. The number of benzene rings is 1. The molecule has 0 amide bonds. The van der Waals surface area contributed by atoms with Gasteiger partial charge in [-0.25, -0.2) is 0 Å². The maximum atomic E-state index is 10.6. The molecule has 0 aliphatic heterocycles. The second-order valence-electron chi connectivity index (χ2n) is 2.33. The van der Waals surface area contributed by atoms with E-state index in [9.17, 15) is 4.79 Å². The van der Waals surface area contributed by atoms with E-state index in [1.54, 1.807) is 21.1 Å². The Kier molecular flexibility index (Phi) is 13.0. The second-order valence-corrected chi connectivity index (χ2v) is 2.33. The SMILES string of the molecule is CC.CC(=O)c1ccccc1.COC. The third kappa shape index (κ3) is 8.94. The van der Waals surface area contributed by atoms with Crippen LogP contribution in [0.4, 0.5) is 0 Å². The Bertz CT molecular complexity index is 217. The molecule has 0 fully saturated rings. The summed E-state index contributed by atoms with van der Waals surface area (Å²) in [5.74, 6) is 0.121. The van der Waals surface area contributed by atoms with Crippen molar-refractivity contribution in [2.45, 2.75) is 20.8 Å². The van der Waals surface area contributed by atoms with E-state index < -0.39 is 0 Å². The maximum absolute atomic E-state index is 10.6. The zero-order chi connectivity index (χ0) is 11.4. The fourth-order valence-electron chi connectivity index (χ4n) is 0.673. The molecule has 0 saturated carbocycles. The summed E-state index contributed by atoms with van der Waals surface area (Å²) in [4.78, 5) is 10.6. The van der Waals surface area contributed by atoms with E-state index in [1.165, 1.54) is 0 Å². The molecule has 0 N–H and O–H groups in total. The van der Waals surface area contributed by atoms with Crippen molar-refractivity contribution in [2.75, 3.05) is 14.2 Å². The van der Waals surface area contributed by atoms with Gasteiger partial charge in [0.15, 0.2) is 5.78 Å². The molecule has 0 spiro atoms. The lowest BCUT2D eigenvalue weighted by molar-refractivity contribution is 0.101. The molecule has 0 bridgehead atoms. The molecule has 1 aromatic carbocycles. The summed E-state index contributed by atoms with van der Waals surface area (Å²) in [6, 6.07) is 9.23. The Hall–Kier alpha value is -1.15. The van der Waals surface area contributed by atoms with E-state index in [-0.39, 0.29) is 5.78 Å². The van der Waals surface area contributed by atoms with Gasteiger partial charge in [-0.2, -0.15) is 0 Å².